The van der Waals surface area contributed by atoms with Crippen LogP contribution in [0, 0.1) is 11.7 Å². The summed E-state index contributed by atoms with van der Waals surface area (Å²) >= 11 is 0. The van der Waals surface area contributed by atoms with Crippen LogP contribution in [0.4, 0.5) is 14.9 Å². The quantitative estimate of drug-likeness (QED) is 0.370. The first-order valence-corrected chi connectivity index (χ1v) is 10.6. The number of hydrogen-bond donors (Lipinski definition) is 1. The van der Waals surface area contributed by atoms with Crippen molar-refractivity contribution >= 4 is 23.7 Å². The summed E-state index contributed by atoms with van der Waals surface area (Å²) in [4.78, 5) is 37.5. The Labute approximate surface area is 192 Å². The van der Waals surface area contributed by atoms with Crippen LogP contribution in [0.15, 0.2) is 30.0 Å². The van der Waals surface area contributed by atoms with Crippen LogP contribution >= 0.6 is 0 Å². The molecule has 9 nitrogen and oxygen atoms in total. The van der Waals surface area contributed by atoms with E-state index in [-0.39, 0.29) is 35.8 Å². The van der Waals surface area contributed by atoms with Crippen molar-refractivity contribution in [2.24, 2.45) is 5.92 Å². The predicted molar refractivity (Wildman–Crippen MR) is 118 cm³/mol. The van der Waals surface area contributed by atoms with Gasteiger partial charge in [-0.05, 0) is 51.7 Å². The Hall–Kier alpha value is -3.30. The molecule has 0 spiro atoms. The number of piperidine rings is 1. The molecule has 10 heteroatoms. The highest BCUT2D eigenvalue weighted by atomic mass is 19.1. The SMILES string of the molecule is COC(=O)/C=C(/Nc1c(F)cccc1OCC1CCN(C(=O)OC(C)(C)C)CC1)C(=O)OC. The summed E-state index contributed by atoms with van der Waals surface area (Å²) in [6.07, 6.45) is 1.93. The van der Waals surface area contributed by atoms with E-state index in [2.05, 4.69) is 14.8 Å². The molecule has 182 valence electrons. The standard InChI is InChI=1S/C23H31FN2O7/c1-23(2,3)33-22(29)26-11-9-15(10-12-26)14-32-18-8-6-7-16(24)20(18)25-17(21(28)31-5)13-19(27)30-4/h6-8,13,15,25H,9-12,14H2,1-5H3/b17-13+. The number of halogens is 1. The van der Waals surface area contributed by atoms with Crippen LogP contribution in [0.25, 0.3) is 0 Å². The molecule has 1 amide bonds. The van der Waals surface area contributed by atoms with Gasteiger partial charge in [0.1, 0.15) is 28.6 Å². The number of likely N-dealkylation sites (tertiary alicyclic amines) is 1. The normalized spacial score (nSPS) is 15.0. The monoisotopic (exact) mass is 466 g/mol. The molecule has 0 unspecified atom stereocenters. The van der Waals surface area contributed by atoms with Crippen LogP contribution in [0.1, 0.15) is 33.6 Å². The molecule has 1 saturated heterocycles. The molecule has 1 aliphatic heterocycles. The third kappa shape index (κ3) is 7.96. The first kappa shape index (κ1) is 26.0. The Bertz CT molecular complexity index is 887. The highest BCUT2D eigenvalue weighted by Crippen LogP contribution is 2.30. The number of esters is 2. The van der Waals surface area contributed by atoms with Crippen molar-refractivity contribution in [3.8, 4) is 5.75 Å². The van der Waals surface area contributed by atoms with Crippen molar-refractivity contribution in [1.82, 2.24) is 4.90 Å². The number of carbonyl (C=O) groups is 3. The first-order valence-electron chi connectivity index (χ1n) is 10.6. The Morgan fingerprint density at radius 3 is 2.39 bits per heavy atom. The molecule has 0 atom stereocenters. The van der Waals surface area contributed by atoms with Crippen molar-refractivity contribution < 1.29 is 37.7 Å². The maximum atomic E-state index is 14.5. The highest BCUT2D eigenvalue weighted by Gasteiger charge is 2.27. The van der Waals surface area contributed by atoms with Crippen molar-refractivity contribution in [1.29, 1.82) is 0 Å². The largest absolute Gasteiger partial charge is 0.491 e. The van der Waals surface area contributed by atoms with E-state index >= 15 is 0 Å². The van der Waals surface area contributed by atoms with E-state index in [1.807, 2.05) is 20.8 Å². The number of anilines is 1. The van der Waals surface area contributed by atoms with E-state index in [0.717, 1.165) is 20.3 Å². The third-order valence-corrected chi connectivity index (χ3v) is 4.84. The van der Waals surface area contributed by atoms with E-state index in [1.165, 1.54) is 12.1 Å². The van der Waals surface area contributed by atoms with Gasteiger partial charge >= 0.3 is 18.0 Å². The Morgan fingerprint density at radius 1 is 1.15 bits per heavy atom. The topological polar surface area (TPSA) is 103 Å². The van der Waals surface area contributed by atoms with Gasteiger partial charge in [0, 0.05) is 13.1 Å². The Kier molecular flexibility index (Phi) is 9.07. The zero-order valence-electron chi connectivity index (χ0n) is 19.6. The van der Waals surface area contributed by atoms with Gasteiger partial charge in [0.25, 0.3) is 0 Å². The zero-order valence-corrected chi connectivity index (χ0v) is 19.6. The molecule has 0 bridgehead atoms. The molecule has 1 aromatic carbocycles. The second kappa shape index (κ2) is 11.5. The number of ether oxygens (including phenoxy) is 4. The number of methoxy groups -OCH3 is 2. The zero-order chi connectivity index (χ0) is 24.6. The fourth-order valence-corrected chi connectivity index (χ4v) is 3.13. The van der Waals surface area contributed by atoms with Gasteiger partial charge in [0.05, 0.1) is 26.9 Å². The maximum Gasteiger partial charge on any atom is 0.410 e. The molecule has 0 aliphatic carbocycles. The minimum Gasteiger partial charge on any atom is -0.491 e. The second-order valence-corrected chi connectivity index (χ2v) is 8.53. The number of hydrogen-bond acceptors (Lipinski definition) is 8. The van der Waals surface area contributed by atoms with E-state index in [4.69, 9.17) is 9.47 Å². The molecule has 1 aliphatic rings. The molecule has 1 aromatic rings. The van der Waals surface area contributed by atoms with Crippen molar-refractivity contribution in [2.45, 2.75) is 39.2 Å². The predicted octanol–water partition coefficient (Wildman–Crippen LogP) is 3.49. The van der Waals surface area contributed by atoms with Crippen molar-refractivity contribution in [3.63, 3.8) is 0 Å². The minimum absolute atomic E-state index is 0.107. The van der Waals surface area contributed by atoms with Crippen LogP contribution < -0.4 is 10.1 Å². The maximum absolute atomic E-state index is 14.5. The summed E-state index contributed by atoms with van der Waals surface area (Å²) < 4.78 is 35.0. The van der Waals surface area contributed by atoms with Crippen LogP contribution in [0.3, 0.4) is 0 Å². The van der Waals surface area contributed by atoms with Gasteiger partial charge in [-0.2, -0.15) is 0 Å². The third-order valence-electron chi connectivity index (χ3n) is 4.84. The number of nitrogens with one attached hydrogen (secondary N) is 1. The highest BCUT2D eigenvalue weighted by molar-refractivity contribution is 5.99. The van der Waals surface area contributed by atoms with Gasteiger partial charge in [-0.15, -0.1) is 0 Å². The first-order chi connectivity index (χ1) is 15.5. The van der Waals surface area contributed by atoms with Crippen molar-refractivity contribution in [2.75, 3.05) is 39.2 Å². The van der Waals surface area contributed by atoms with E-state index < -0.39 is 23.4 Å². The number of carbonyl (C=O) groups excluding carboxylic acids is 3. The van der Waals surface area contributed by atoms with E-state index in [1.54, 1.807) is 11.0 Å². The molecule has 1 heterocycles. The van der Waals surface area contributed by atoms with Gasteiger partial charge in [-0.25, -0.2) is 18.8 Å². The molecule has 0 aromatic heterocycles. The number of rotatable bonds is 7. The summed E-state index contributed by atoms with van der Waals surface area (Å²) in [5, 5.41) is 2.58. The molecule has 2 rings (SSSR count). The average Bonchev–Trinajstić information content (AvgIpc) is 2.77. The van der Waals surface area contributed by atoms with Gasteiger partial charge in [-0.1, -0.05) is 6.07 Å². The Balaban J connectivity index is 2.03. The summed E-state index contributed by atoms with van der Waals surface area (Å²) in [7, 11) is 2.29. The van der Waals surface area contributed by atoms with Crippen molar-refractivity contribution in [3.05, 3.63) is 35.8 Å². The molecule has 1 fully saturated rings. The van der Waals surface area contributed by atoms with Crippen LogP contribution in [-0.2, 0) is 23.8 Å². The fraction of sp³-hybridized carbons (Fsp3) is 0.522. The average molecular weight is 467 g/mol. The number of benzene rings is 1. The lowest BCUT2D eigenvalue weighted by atomic mass is 9.98. The summed E-state index contributed by atoms with van der Waals surface area (Å²) in [6.45, 7) is 6.82. The number of amides is 1. The van der Waals surface area contributed by atoms with Gasteiger partial charge in [0.2, 0.25) is 0 Å². The van der Waals surface area contributed by atoms with Gasteiger partial charge < -0.3 is 29.2 Å². The molecule has 0 saturated carbocycles. The van der Waals surface area contributed by atoms with Crippen LogP contribution in [0.2, 0.25) is 0 Å². The van der Waals surface area contributed by atoms with E-state index in [0.29, 0.717) is 25.9 Å². The molecule has 33 heavy (non-hydrogen) atoms. The summed E-state index contributed by atoms with van der Waals surface area (Å²) in [5.74, 6) is -2.04. The molecule has 0 radical (unpaired) electrons. The molecule has 1 N–H and O–H groups in total. The molecular formula is C23H31FN2O7. The van der Waals surface area contributed by atoms with Gasteiger partial charge in [0.15, 0.2) is 0 Å². The van der Waals surface area contributed by atoms with Gasteiger partial charge in [-0.3, -0.25) is 0 Å². The second-order valence-electron chi connectivity index (χ2n) is 8.53. The lowest BCUT2D eigenvalue weighted by Gasteiger charge is -2.33. The lowest BCUT2D eigenvalue weighted by Crippen LogP contribution is -2.42. The van der Waals surface area contributed by atoms with Crippen LogP contribution in [-0.4, -0.2) is 62.4 Å². The minimum atomic E-state index is -0.871. The van der Waals surface area contributed by atoms with Crippen LogP contribution in [0.5, 0.6) is 5.75 Å². The summed E-state index contributed by atoms with van der Waals surface area (Å²) in [6, 6.07) is 4.22. The number of para-hydroxylation sites is 1. The van der Waals surface area contributed by atoms with E-state index in [9.17, 15) is 18.8 Å². The molecular weight excluding hydrogens is 435 g/mol. The summed E-state index contributed by atoms with van der Waals surface area (Å²) in [5.41, 5.74) is -0.961. The smallest absolute Gasteiger partial charge is 0.410 e. The fourth-order valence-electron chi connectivity index (χ4n) is 3.13. The number of nitrogens with zero attached hydrogens (tertiary/aromatic N) is 1. The Morgan fingerprint density at radius 2 is 1.82 bits per heavy atom. The lowest BCUT2D eigenvalue weighted by molar-refractivity contribution is -0.138.